The number of hydrogen-bond acceptors (Lipinski definition) is 28. The molecule has 28 nitrogen and oxygen atoms in total. The van der Waals surface area contributed by atoms with Crippen molar-refractivity contribution in [3.8, 4) is 0 Å². The molecule has 2 spiro atoms. The molecule has 716 valence electrons. The predicted octanol–water partition coefficient (Wildman–Crippen LogP) is 11.8. The van der Waals surface area contributed by atoms with E-state index in [1.54, 1.807) is 80.4 Å². The second kappa shape index (κ2) is 41.9. The Kier molecular flexibility index (Phi) is 32.1. The van der Waals surface area contributed by atoms with Gasteiger partial charge in [0.15, 0.2) is 36.7 Å². The van der Waals surface area contributed by atoms with Crippen LogP contribution in [0.3, 0.4) is 0 Å². The summed E-state index contributed by atoms with van der Waals surface area (Å²) in [5.74, 6) is -4.65. The van der Waals surface area contributed by atoms with E-state index in [0.29, 0.717) is 98.3 Å². The minimum atomic E-state index is -1.83. The van der Waals surface area contributed by atoms with Gasteiger partial charge in [0.05, 0.1) is 98.7 Å². The van der Waals surface area contributed by atoms with Crippen molar-refractivity contribution in [3.63, 3.8) is 0 Å². The number of carbonyl (C=O) groups excluding carboxylic acids is 2. The molecule has 128 heavy (non-hydrogen) atoms. The molecule has 16 rings (SSSR count). The molecule has 0 radical (unpaired) electrons. The van der Waals surface area contributed by atoms with Crippen molar-refractivity contribution in [1.82, 2.24) is 0 Å². The first kappa shape index (κ1) is 97.9. The number of hydrogen-bond donors (Lipinski definition) is 6. The molecule has 38 atom stereocenters. The van der Waals surface area contributed by atoms with Gasteiger partial charge in [-0.15, -0.1) is 0 Å². The molecule has 10 fully saturated rings. The number of aliphatic hydroxyl groups excluding tert-OH is 4. The fraction of sp³-hybridized carbons (Fsp3) is 0.780. The molecule has 0 unspecified atom stereocenters. The topological polar surface area (TPSA) is 340 Å². The van der Waals surface area contributed by atoms with E-state index in [1.165, 1.54) is 38.5 Å². The van der Waals surface area contributed by atoms with E-state index in [9.17, 15) is 40.2 Å². The van der Waals surface area contributed by atoms with Gasteiger partial charge in [0, 0.05) is 103 Å². The van der Waals surface area contributed by atoms with Crippen LogP contribution in [0.15, 0.2) is 119 Å². The van der Waals surface area contributed by atoms with Crippen molar-refractivity contribution in [2.75, 3.05) is 41.7 Å². The highest BCUT2D eigenvalue weighted by atomic mass is 16.8. The van der Waals surface area contributed by atoms with Crippen molar-refractivity contribution in [3.05, 3.63) is 119 Å². The summed E-state index contributed by atoms with van der Waals surface area (Å²) in [7, 11) is 6.46. The molecular weight excluding hydrogens is 1650 g/mol. The Balaban J connectivity index is 0.000000197. The number of fused-ring (bicyclic) bond motifs is 4. The van der Waals surface area contributed by atoms with E-state index in [0.717, 1.165) is 36.8 Å². The van der Waals surface area contributed by atoms with Gasteiger partial charge in [-0.1, -0.05) is 139 Å². The van der Waals surface area contributed by atoms with Crippen LogP contribution in [0.25, 0.3) is 0 Å². The van der Waals surface area contributed by atoms with Crippen LogP contribution in [0.5, 0.6) is 0 Å². The largest absolute Gasteiger partial charge is 0.462 e. The van der Waals surface area contributed by atoms with Crippen LogP contribution in [0.4, 0.5) is 0 Å². The average molecular weight is 1800 g/mol. The van der Waals surface area contributed by atoms with Gasteiger partial charge in [-0.2, -0.15) is 0 Å². The molecule has 4 bridgehead atoms. The molecular formula is C100H148O28. The van der Waals surface area contributed by atoms with Crippen LogP contribution < -0.4 is 0 Å². The molecule has 0 amide bonds. The van der Waals surface area contributed by atoms with Crippen LogP contribution in [0.1, 0.15) is 212 Å². The summed E-state index contributed by atoms with van der Waals surface area (Å²) < 4.78 is 128. The van der Waals surface area contributed by atoms with E-state index in [2.05, 4.69) is 65.8 Å². The number of esters is 2. The van der Waals surface area contributed by atoms with Crippen molar-refractivity contribution in [2.45, 2.75) is 406 Å². The highest BCUT2D eigenvalue weighted by Gasteiger charge is 2.63. The van der Waals surface area contributed by atoms with Gasteiger partial charge >= 0.3 is 11.9 Å². The van der Waals surface area contributed by atoms with Crippen LogP contribution in [-0.4, -0.2) is 279 Å². The molecule has 12 aliphatic heterocycles. The maximum absolute atomic E-state index is 14.4. The fourth-order valence-corrected chi connectivity index (χ4v) is 23.4. The zero-order valence-electron chi connectivity index (χ0n) is 78.1. The lowest BCUT2D eigenvalue weighted by Crippen LogP contribution is -2.58. The molecule has 6 N–H and O–H groups in total. The Morgan fingerprint density at radius 3 is 1.14 bits per heavy atom. The first-order chi connectivity index (χ1) is 61.2. The number of carbonyl (C=O) groups is 2. The quantitative estimate of drug-likeness (QED) is 0.0695. The van der Waals surface area contributed by atoms with Gasteiger partial charge in [-0.3, -0.25) is 9.59 Å². The molecule has 0 aromatic carbocycles. The highest BCUT2D eigenvalue weighted by Crippen LogP contribution is 2.52. The first-order valence-corrected chi connectivity index (χ1v) is 48.0. The van der Waals surface area contributed by atoms with Crippen molar-refractivity contribution >= 4 is 11.9 Å². The van der Waals surface area contributed by atoms with Crippen LogP contribution in [0.2, 0.25) is 0 Å². The Bertz CT molecular complexity index is 3830. The Morgan fingerprint density at radius 1 is 0.406 bits per heavy atom. The monoisotopic (exact) mass is 1800 g/mol. The summed E-state index contributed by atoms with van der Waals surface area (Å²) in [5.41, 5.74) is 0.332. The summed E-state index contributed by atoms with van der Waals surface area (Å²) in [6, 6.07) is 0. The number of allylic oxidation sites excluding steroid dienone is 4. The number of ether oxygens (including phenoxy) is 20. The smallest absolute Gasteiger partial charge is 0.316 e. The molecule has 4 aliphatic carbocycles. The van der Waals surface area contributed by atoms with Crippen molar-refractivity contribution in [1.29, 1.82) is 0 Å². The Hall–Kier alpha value is -4.62. The molecule has 0 aromatic heterocycles. The lowest BCUT2D eigenvalue weighted by Gasteiger charge is -2.49. The standard InChI is InChI=1S/2C50H74O14/c2*1-27-13-12-16-34-26-57-47-42(51)30(4)21-37(50(34,47)54)48(53)60-36-22-35(63-49(25-36)20-19-29(3)45(64-49)33-14-10-9-11-15-33)18-17-28(2)44(27)61-41-24-39(56-8)46(32(6)59-41)62-40-23-38(55-7)43(52)31(5)58-40/h2*12-13,16-17,19-21,27,29,31-33,35-47,51-52,54H,9-11,14-15,18,22-26H2,1-8H3/b2*13-12+,28-17+,34-16+/t2*27-,29-,31-,32-,35+,36-,37-,38-,39-,40-,41-,42+,43-,44-,45-,46-,47+,49+,50+/m00/s1. The van der Waals surface area contributed by atoms with E-state index in [1.807, 2.05) is 50.3 Å². The number of methoxy groups -OCH3 is 4. The van der Waals surface area contributed by atoms with Crippen molar-refractivity contribution in [2.24, 2.45) is 47.3 Å². The minimum Gasteiger partial charge on any atom is -0.462 e. The molecule has 16 aliphatic rings. The Morgan fingerprint density at radius 2 is 0.766 bits per heavy atom. The van der Waals surface area contributed by atoms with Gasteiger partial charge in [0.1, 0.15) is 84.1 Å². The Labute approximate surface area is 756 Å². The highest BCUT2D eigenvalue weighted by molar-refractivity contribution is 5.79. The van der Waals surface area contributed by atoms with E-state index in [-0.39, 0.29) is 73.5 Å². The van der Waals surface area contributed by atoms with E-state index < -0.39 is 182 Å². The molecule has 28 heteroatoms. The van der Waals surface area contributed by atoms with Gasteiger partial charge in [-0.25, -0.2) is 0 Å². The van der Waals surface area contributed by atoms with Gasteiger partial charge in [0.2, 0.25) is 0 Å². The molecule has 12 heterocycles. The first-order valence-electron chi connectivity index (χ1n) is 48.0. The molecule has 0 aromatic rings. The summed E-state index contributed by atoms with van der Waals surface area (Å²) >= 11 is 0. The third kappa shape index (κ3) is 21.0. The maximum Gasteiger partial charge on any atom is 0.316 e. The fourth-order valence-electron chi connectivity index (χ4n) is 23.4. The third-order valence-electron chi connectivity index (χ3n) is 30.8. The lowest BCUT2D eigenvalue weighted by molar-refractivity contribution is -0.318. The number of aliphatic hydroxyl groups is 6. The molecule has 2 saturated carbocycles. The zero-order valence-corrected chi connectivity index (χ0v) is 78.1. The second-order valence-electron chi connectivity index (χ2n) is 39.9. The van der Waals surface area contributed by atoms with E-state index in [4.69, 9.17) is 94.7 Å². The SMILES string of the molecule is CO[C@H]1C[C@H](O[C@H]2[C@H](C)O[C@@H](O[C@@H]3/C(C)=C/C[C@@H]4C[C@@H](C[C@]5(C=C[C@H](C)[C@@H](C6CCCCC6)O5)O4)OC(=O)[C@@H]4C=C(C)[C@@H](O)[C@H]5OC/C(=C\C=C\[C@@H]3C)[C@]54O)C[C@@H]2OC)O[C@@H](C)[C@@H]1O.CO[C@H]1C[C@H](O[C@H]2[C@H](C)O[C@@H](O[C@@H]3/C(C)=C/C[C@@H]4C[C@@H](C[C@]5(C=C[C@H](C)[C@@H](C6CCCCC6)O5)O4)OC(=O)[C@@H]4C=C(C)[C@@H](O)[C@H]5OC/C(=C\C=C\[C@@H]3C)[C@]54O)C[C@@H]2OC)O[C@@H](C)[C@@H]1O. The summed E-state index contributed by atoms with van der Waals surface area (Å²) in [4.78, 5) is 28.9. The second-order valence-corrected chi connectivity index (χ2v) is 39.9. The van der Waals surface area contributed by atoms with Crippen LogP contribution in [0, 0.1) is 47.3 Å². The summed E-state index contributed by atoms with van der Waals surface area (Å²) in [5, 5.41) is 68.7. The zero-order chi connectivity index (χ0) is 91.0. The third-order valence-corrected chi connectivity index (χ3v) is 30.8. The lowest BCUT2D eigenvalue weighted by atomic mass is 9.71. The van der Waals surface area contributed by atoms with Crippen LogP contribution in [-0.2, 0) is 104 Å². The van der Waals surface area contributed by atoms with Gasteiger partial charge < -0.3 is 125 Å². The number of rotatable bonds is 14. The van der Waals surface area contributed by atoms with E-state index >= 15 is 0 Å². The van der Waals surface area contributed by atoms with Crippen LogP contribution >= 0.6 is 0 Å². The molecule has 8 saturated heterocycles. The minimum absolute atomic E-state index is 0.0242. The maximum atomic E-state index is 14.4. The van der Waals surface area contributed by atoms with Crippen molar-refractivity contribution < 1.29 is 135 Å². The normalized spacial score (nSPS) is 49.2. The van der Waals surface area contributed by atoms with Gasteiger partial charge in [0.25, 0.3) is 0 Å². The summed E-state index contributed by atoms with van der Waals surface area (Å²) in [6.45, 7) is 23.7. The predicted molar refractivity (Wildman–Crippen MR) is 469 cm³/mol. The average Bonchev–Trinajstić information content (AvgIpc) is 1.55. The summed E-state index contributed by atoms with van der Waals surface area (Å²) in [6.07, 6.45) is 27.6. The van der Waals surface area contributed by atoms with Gasteiger partial charge in [-0.05, 0) is 151 Å².